The average Bonchev–Trinajstić information content (AvgIpc) is 3.08. The SMILES string of the molecule is O=C(NCc1nccc(N2CCCC2)n1)c1ccc(Br)cc1. The number of aromatic nitrogens is 2. The first-order chi connectivity index (χ1) is 10.7. The van der Waals surface area contributed by atoms with Gasteiger partial charge in [0.2, 0.25) is 0 Å². The van der Waals surface area contributed by atoms with Crippen molar-refractivity contribution >= 4 is 27.7 Å². The quantitative estimate of drug-likeness (QED) is 0.910. The fraction of sp³-hybridized carbons (Fsp3) is 0.312. The molecule has 0 atom stereocenters. The van der Waals surface area contributed by atoms with E-state index in [1.54, 1.807) is 18.3 Å². The minimum atomic E-state index is -0.123. The van der Waals surface area contributed by atoms with Gasteiger partial charge in [0, 0.05) is 29.3 Å². The molecule has 22 heavy (non-hydrogen) atoms. The van der Waals surface area contributed by atoms with Gasteiger partial charge in [-0.05, 0) is 43.2 Å². The molecule has 0 aliphatic carbocycles. The Kier molecular flexibility index (Phi) is 4.68. The molecule has 1 saturated heterocycles. The summed E-state index contributed by atoms with van der Waals surface area (Å²) >= 11 is 3.35. The van der Waals surface area contributed by atoms with Crippen molar-refractivity contribution in [2.75, 3.05) is 18.0 Å². The second-order valence-corrected chi connectivity index (χ2v) is 6.13. The number of hydrogen-bond acceptors (Lipinski definition) is 4. The van der Waals surface area contributed by atoms with Crippen molar-refractivity contribution in [2.45, 2.75) is 19.4 Å². The number of carbonyl (C=O) groups is 1. The van der Waals surface area contributed by atoms with Crippen LogP contribution in [-0.2, 0) is 6.54 Å². The fourth-order valence-corrected chi connectivity index (χ4v) is 2.72. The van der Waals surface area contributed by atoms with E-state index >= 15 is 0 Å². The Bertz CT molecular complexity index is 653. The van der Waals surface area contributed by atoms with Gasteiger partial charge in [0.05, 0.1) is 6.54 Å². The average molecular weight is 361 g/mol. The van der Waals surface area contributed by atoms with Gasteiger partial charge in [0.1, 0.15) is 11.6 Å². The number of carbonyl (C=O) groups excluding carboxylic acids is 1. The highest BCUT2D eigenvalue weighted by molar-refractivity contribution is 9.10. The first-order valence-corrected chi connectivity index (χ1v) is 8.12. The molecule has 1 aliphatic rings. The van der Waals surface area contributed by atoms with Crippen LogP contribution in [0.25, 0.3) is 0 Å². The van der Waals surface area contributed by atoms with Crippen LogP contribution in [0.3, 0.4) is 0 Å². The Hall–Kier alpha value is -1.95. The van der Waals surface area contributed by atoms with Crippen molar-refractivity contribution in [1.29, 1.82) is 0 Å². The zero-order valence-electron chi connectivity index (χ0n) is 12.1. The second kappa shape index (κ2) is 6.87. The van der Waals surface area contributed by atoms with Crippen LogP contribution in [0.2, 0.25) is 0 Å². The second-order valence-electron chi connectivity index (χ2n) is 5.21. The maximum Gasteiger partial charge on any atom is 0.251 e. The molecule has 1 amide bonds. The van der Waals surface area contributed by atoms with Gasteiger partial charge in [-0.2, -0.15) is 0 Å². The third kappa shape index (κ3) is 3.62. The highest BCUT2D eigenvalue weighted by Gasteiger charge is 2.14. The monoisotopic (exact) mass is 360 g/mol. The first-order valence-electron chi connectivity index (χ1n) is 7.33. The van der Waals surface area contributed by atoms with Gasteiger partial charge < -0.3 is 10.2 Å². The standard InChI is InChI=1S/C16H17BrN4O/c17-13-5-3-12(4-6-13)16(22)19-11-14-18-8-7-15(20-14)21-9-1-2-10-21/h3-8H,1-2,9-11H2,(H,19,22). The number of rotatable bonds is 4. The lowest BCUT2D eigenvalue weighted by molar-refractivity contribution is 0.0950. The normalized spacial score (nSPS) is 14.1. The van der Waals surface area contributed by atoms with E-state index in [0.29, 0.717) is 17.9 Å². The molecule has 6 heteroatoms. The molecule has 1 N–H and O–H groups in total. The largest absolute Gasteiger partial charge is 0.357 e. The molecule has 0 saturated carbocycles. The van der Waals surface area contributed by atoms with E-state index in [1.807, 2.05) is 18.2 Å². The van der Waals surface area contributed by atoms with E-state index in [2.05, 4.69) is 36.1 Å². The van der Waals surface area contributed by atoms with Crippen LogP contribution < -0.4 is 10.2 Å². The molecular weight excluding hydrogens is 344 g/mol. The molecule has 114 valence electrons. The lowest BCUT2D eigenvalue weighted by atomic mass is 10.2. The number of anilines is 1. The minimum Gasteiger partial charge on any atom is -0.357 e. The third-order valence-electron chi connectivity index (χ3n) is 3.63. The molecule has 1 aromatic carbocycles. The Balaban J connectivity index is 1.62. The summed E-state index contributed by atoms with van der Waals surface area (Å²) in [4.78, 5) is 23.1. The Morgan fingerprint density at radius 2 is 1.91 bits per heavy atom. The van der Waals surface area contributed by atoms with Crippen LogP contribution in [0.5, 0.6) is 0 Å². The molecule has 1 aromatic heterocycles. The Labute approximate surface area is 137 Å². The number of benzene rings is 1. The van der Waals surface area contributed by atoms with E-state index < -0.39 is 0 Å². The molecule has 0 unspecified atom stereocenters. The molecular formula is C16H17BrN4O. The zero-order valence-corrected chi connectivity index (χ0v) is 13.7. The van der Waals surface area contributed by atoms with Crippen LogP contribution in [-0.4, -0.2) is 29.0 Å². The maximum absolute atomic E-state index is 12.1. The highest BCUT2D eigenvalue weighted by atomic mass is 79.9. The van der Waals surface area contributed by atoms with Gasteiger partial charge in [0.25, 0.3) is 5.91 Å². The minimum absolute atomic E-state index is 0.123. The predicted molar refractivity (Wildman–Crippen MR) is 88.8 cm³/mol. The molecule has 2 heterocycles. The summed E-state index contributed by atoms with van der Waals surface area (Å²) in [6, 6.07) is 9.17. The lowest BCUT2D eigenvalue weighted by Crippen LogP contribution is -2.25. The summed E-state index contributed by atoms with van der Waals surface area (Å²) in [5.41, 5.74) is 0.624. The Morgan fingerprint density at radius 1 is 1.18 bits per heavy atom. The molecule has 0 radical (unpaired) electrons. The fourth-order valence-electron chi connectivity index (χ4n) is 2.46. The summed E-state index contributed by atoms with van der Waals surface area (Å²) < 4.78 is 0.950. The maximum atomic E-state index is 12.1. The first kappa shape index (κ1) is 15.0. The molecule has 0 spiro atoms. The van der Waals surface area contributed by atoms with Gasteiger partial charge >= 0.3 is 0 Å². The summed E-state index contributed by atoms with van der Waals surface area (Å²) in [6.45, 7) is 2.42. The van der Waals surface area contributed by atoms with Gasteiger partial charge in [-0.3, -0.25) is 4.79 Å². The molecule has 2 aromatic rings. The van der Waals surface area contributed by atoms with Crippen molar-refractivity contribution in [2.24, 2.45) is 0 Å². The summed E-state index contributed by atoms with van der Waals surface area (Å²) in [5.74, 6) is 1.46. The van der Waals surface area contributed by atoms with E-state index in [4.69, 9.17) is 0 Å². The van der Waals surface area contributed by atoms with Gasteiger partial charge in [-0.15, -0.1) is 0 Å². The van der Waals surface area contributed by atoms with E-state index in [-0.39, 0.29) is 5.91 Å². The van der Waals surface area contributed by atoms with E-state index in [1.165, 1.54) is 12.8 Å². The van der Waals surface area contributed by atoms with E-state index in [0.717, 1.165) is 23.4 Å². The number of hydrogen-bond donors (Lipinski definition) is 1. The van der Waals surface area contributed by atoms with Gasteiger partial charge in [0.15, 0.2) is 0 Å². The van der Waals surface area contributed by atoms with Crippen LogP contribution in [0.4, 0.5) is 5.82 Å². The number of halogens is 1. The van der Waals surface area contributed by atoms with Gasteiger partial charge in [-0.1, -0.05) is 15.9 Å². The Morgan fingerprint density at radius 3 is 2.64 bits per heavy atom. The summed E-state index contributed by atoms with van der Waals surface area (Å²) in [6.07, 6.45) is 4.17. The number of nitrogens with zero attached hydrogens (tertiary/aromatic N) is 3. The van der Waals surface area contributed by atoms with Crippen molar-refractivity contribution in [3.8, 4) is 0 Å². The highest BCUT2D eigenvalue weighted by Crippen LogP contribution is 2.17. The van der Waals surface area contributed by atoms with E-state index in [9.17, 15) is 4.79 Å². The number of amides is 1. The topological polar surface area (TPSA) is 58.1 Å². The van der Waals surface area contributed by atoms with Crippen LogP contribution in [0.1, 0.15) is 29.0 Å². The van der Waals surface area contributed by atoms with Crippen LogP contribution in [0, 0.1) is 0 Å². The van der Waals surface area contributed by atoms with Crippen molar-refractivity contribution in [3.05, 3.63) is 52.4 Å². The molecule has 5 nitrogen and oxygen atoms in total. The molecule has 1 fully saturated rings. The van der Waals surface area contributed by atoms with Crippen LogP contribution in [0.15, 0.2) is 41.0 Å². The number of nitrogens with one attached hydrogen (secondary N) is 1. The smallest absolute Gasteiger partial charge is 0.251 e. The zero-order chi connectivity index (χ0) is 15.4. The lowest BCUT2D eigenvalue weighted by Gasteiger charge is -2.16. The molecule has 1 aliphatic heterocycles. The summed E-state index contributed by atoms with van der Waals surface area (Å²) in [5, 5.41) is 2.85. The predicted octanol–water partition coefficient (Wildman–Crippen LogP) is 2.77. The van der Waals surface area contributed by atoms with Crippen LogP contribution >= 0.6 is 15.9 Å². The van der Waals surface area contributed by atoms with Gasteiger partial charge in [-0.25, -0.2) is 9.97 Å². The molecule has 0 bridgehead atoms. The third-order valence-corrected chi connectivity index (χ3v) is 4.16. The molecule has 3 rings (SSSR count). The summed E-state index contributed by atoms with van der Waals surface area (Å²) in [7, 11) is 0. The van der Waals surface area contributed by atoms with Crippen molar-refractivity contribution < 1.29 is 4.79 Å². The van der Waals surface area contributed by atoms with Crippen molar-refractivity contribution in [1.82, 2.24) is 15.3 Å². The van der Waals surface area contributed by atoms with Crippen molar-refractivity contribution in [3.63, 3.8) is 0 Å².